The molecule has 0 aliphatic carbocycles. The van der Waals surface area contributed by atoms with Crippen LogP contribution in [0.3, 0.4) is 0 Å². The molecule has 0 bridgehead atoms. The molecule has 0 saturated carbocycles. The topological polar surface area (TPSA) is 38.3 Å². The Morgan fingerprint density at radius 1 is 1.25 bits per heavy atom. The van der Waals surface area contributed by atoms with Crippen LogP contribution in [0.15, 0.2) is 34.8 Å². The third kappa shape index (κ3) is 4.65. The summed E-state index contributed by atoms with van der Waals surface area (Å²) in [6.07, 6.45) is -0.215. The number of hydrogen-bond acceptors (Lipinski definition) is 2. The molecule has 3 nitrogen and oxygen atoms in total. The summed E-state index contributed by atoms with van der Waals surface area (Å²) in [5.41, 5.74) is 3.36. The number of nitrogens with one attached hydrogen (secondary N) is 1. The van der Waals surface area contributed by atoms with Crippen molar-refractivity contribution in [3.8, 4) is 0 Å². The molecule has 0 fully saturated rings. The van der Waals surface area contributed by atoms with Gasteiger partial charge in [-0.3, -0.25) is 0 Å². The summed E-state index contributed by atoms with van der Waals surface area (Å²) in [5.74, 6) is -2.49. The zero-order chi connectivity index (χ0) is 17.9. The van der Waals surface area contributed by atoms with E-state index in [9.17, 15) is 13.6 Å². The van der Waals surface area contributed by atoms with Crippen LogP contribution in [0.5, 0.6) is 0 Å². The number of carbonyl (C=O) groups is 1. The molecule has 2 aromatic rings. The maximum atomic E-state index is 14.3. The van der Waals surface area contributed by atoms with Gasteiger partial charge in [-0.1, -0.05) is 0 Å². The van der Waals surface area contributed by atoms with Crippen molar-refractivity contribution >= 4 is 46.3 Å². The van der Waals surface area contributed by atoms with E-state index in [4.69, 9.17) is 4.84 Å². The van der Waals surface area contributed by atoms with Gasteiger partial charge in [-0.15, -0.1) is 0 Å². The Morgan fingerprint density at radius 2 is 1.96 bits per heavy atom. The van der Waals surface area contributed by atoms with E-state index in [1.54, 1.807) is 13.8 Å². The van der Waals surface area contributed by atoms with Crippen molar-refractivity contribution < 1.29 is 18.4 Å². The first kappa shape index (κ1) is 19.1. The molecule has 2 rings (SSSR count). The van der Waals surface area contributed by atoms with E-state index >= 15 is 0 Å². The number of aryl methyl sites for hydroxylation is 1. The van der Waals surface area contributed by atoms with Crippen molar-refractivity contribution in [1.29, 1.82) is 0 Å². The first-order valence-electron chi connectivity index (χ1n) is 7.26. The molecule has 1 atom stereocenters. The Labute approximate surface area is 154 Å². The third-order valence-electron chi connectivity index (χ3n) is 3.17. The Balaban J connectivity index is 2.40. The summed E-state index contributed by atoms with van der Waals surface area (Å²) in [4.78, 5) is 17.3. The van der Waals surface area contributed by atoms with E-state index in [0.29, 0.717) is 0 Å². The Morgan fingerprint density at radius 3 is 2.58 bits per heavy atom. The molecule has 24 heavy (non-hydrogen) atoms. The Hall–Kier alpha value is -1.23. The molecule has 1 amide bonds. The fraction of sp³-hybridized carbons (Fsp3) is 0.235. The Bertz CT molecular complexity index is 768. The van der Waals surface area contributed by atoms with Crippen LogP contribution in [0.1, 0.15) is 29.8 Å². The number of benzene rings is 2. The van der Waals surface area contributed by atoms with Gasteiger partial charge < -0.3 is 0 Å². The fourth-order valence-corrected chi connectivity index (χ4v) is 5.12. The fourth-order valence-electron chi connectivity index (χ4n) is 1.99. The van der Waals surface area contributed by atoms with Gasteiger partial charge in [0, 0.05) is 0 Å². The van der Waals surface area contributed by atoms with Crippen LogP contribution in [-0.4, -0.2) is 27.8 Å². The van der Waals surface area contributed by atoms with Crippen molar-refractivity contribution in [2.45, 2.75) is 26.9 Å². The number of carbonyl (C=O) groups excluding carboxylic acids is 1. The molecule has 0 aliphatic heterocycles. The maximum absolute atomic E-state index is 14.3. The zero-order valence-corrected chi connectivity index (χ0v) is 17.1. The summed E-state index contributed by atoms with van der Waals surface area (Å²) in [7, 11) is 0. The second-order valence-corrected chi connectivity index (χ2v) is 9.09. The van der Waals surface area contributed by atoms with Gasteiger partial charge in [0.2, 0.25) is 0 Å². The quantitative estimate of drug-likeness (QED) is 0.551. The molecule has 7 heteroatoms. The van der Waals surface area contributed by atoms with E-state index < -0.39 is 33.3 Å². The van der Waals surface area contributed by atoms with Gasteiger partial charge in [0.1, 0.15) is 0 Å². The average molecular weight is 460 g/mol. The molecule has 1 unspecified atom stereocenters. The molecule has 0 aliphatic rings. The molecule has 0 saturated heterocycles. The SMILES string of the molecule is Cc1cc(Br)ccc1[AsH]c1c(C(=O)NOC(C)C)ccc(F)c1F. The van der Waals surface area contributed by atoms with Crippen LogP contribution >= 0.6 is 15.9 Å². The molecule has 128 valence electrons. The molecule has 2 aromatic carbocycles. The van der Waals surface area contributed by atoms with Crippen LogP contribution in [0, 0.1) is 18.6 Å². The second kappa shape index (κ2) is 8.23. The molecule has 0 radical (unpaired) electrons. The van der Waals surface area contributed by atoms with E-state index in [0.717, 1.165) is 20.5 Å². The minimum atomic E-state index is -1.24. The van der Waals surface area contributed by atoms with Gasteiger partial charge >= 0.3 is 155 Å². The summed E-state index contributed by atoms with van der Waals surface area (Å²) in [6.45, 7) is 5.42. The summed E-state index contributed by atoms with van der Waals surface area (Å²) >= 11 is 2.14. The number of hydroxylamine groups is 1. The van der Waals surface area contributed by atoms with Crippen LogP contribution in [0.4, 0.5) is 8.78 Å². The van der Waals surface area contributed by atoms with Crippen LogP contribution < -0.4 is 14.2 Å². The van der Waals surface area contributed by atoms with Crippen molar-refractivity contribution in [2.24, 2.45) is 0 Å². The average Bonchev–Trinajstić information content (AvgIpc) is 2.52. The normalized spacial score (nSPS) is 11.5. The van der Waals surface area contributed by atoms with E-state index in [1.807, 2.05) is 25.1 Å². The van der Waals surface area contributed by atoms with Gasteiger partial charge in [0.25, 0.3) is 0 Å². The predicted octanol–water partition coefficient (Wildman–Crippen LogP) is 2.49. The molecular formula is C17H17AsBrF2NO2. The van der Waals surface area contributed by atoms with Crippen molar-refractivity contribution in [3.63, 3.8) is 0 Å². The first-order valence-corrected chi connectivity index (χ1v) is 10.2. The zero-order valence-electron chi connectivity index (χ0n) is 13.4. The third-order valence-corrected chi connectivity index (χ3v) is 6.96. The van der Waals surface area contributed by atoms with Gasteiger partial charge in [0.15, 0.2) is 0 Å². The van der Waals surface area contributed by atoms with Crippen LogP contribution in [0.25, 0.3) is 0 Å². The number of halogens is 3. The summed E-state index contributed by atoms with van der Waals surface area (Å²) in [5, 5.41) is 0. The van der Waals surface area contributed by atoms with Crippen LogP contribution in [-0.2, 0) is 4.84 Å². The summed E-state index contributed by atoms with van der Waals surface area (Å²) in [6, 6.07) is 7.90. The number of rotatable bonds is 5. The van der Waals surface area contributed by atoms with E-state index in [1.165, 1.54) is 6.07 Å². The van der Waals surface area contributed by atoms with Crippen molar-refractivity contribution in [3.05, 3.63) is 57.6 Å². The van der Waals surface area contributed by atoms with E-state index in [2.05, 4.69) is 21.4 Å². The predicted molar refractivity (Wildman–Crippen MR) is 95.3 cm³/mol. The number of amides is 1. The molecule has 0 heterocycles. The van der Waals surface area contributed by atoms with Crippen molar-refractivity contribution in [1.82, 2.24) is 5.48 Å². The van der Waals surface area contributed by atoms with Gasteiger partial charge in [0.05, 0.1) is 0 Å². The Kier molecular flexibility index (Phi) is 6.55. The summed E-state index contributed by atoms with van der Waals surface area (Å²) < 4.78 is 30.0. The molecule has 0 aromatic heterocycles. The van der Waals surface area contributed by atoms with Gasteiger partial charge in [-0.05, 0) is 0 Å². The molecular weight excluding hydrogens is 443 g/mol. The minimum absolute atomic E-state index is 0.108. The van der Waals surface area contributed by atoms with E-state index in [-0.39, 0.29) is 16.0 Å². The molecule has 1 N–H and O–H groups in total. The molecule has 0 spiro atoms. The van der Waals surface area contributed by atoms with Crippen LogP contribution in [0.2, 0.25) is 0 Å². The monoisotopic (exact) mass is 459 g/mol. The van der Waals surface area contributed by atoms with Gasteiger partial charge in [-0.25, -0.2) is 0 Å². The second-order valence-electron chi connectivity index (χ2n) is 5.47. The first-order chi connectivity index (χ1) is 11.3. The van der Waals surface area contributed by atoms with Gasteiger partial charge in [-0.2, -0.15) is 0 Å². The number of hydrogen-bond donors (Lipinski definition) is 1. The standard InChI is InChI=1S/C17H17AsBrF2NO2/c1-9(2)24-22-17(23)12-5-7-14(20)16(21)15(12)18-13-6-4-11(19)8-10(13)3/h4-9,18H,1-3H3,(H,22,23). The van der Waals surface area contributed by atoms with Crippen molar-refractivity contribution in [2.75, 3.05) is 0 Å².